The topological polar surface area (TPSA) is 32.9 Å². The minimum atomic E-state index is 0.113. The molecule has 0 amide bonds. The van der Waals surface area contributed by atoms with Crippen LogP contribution >= 0.6 is 0 Å². The van der Waals surface area contributed by atoms with Gasteiger partial charge in [0.2, 0.25) is 0 Å². The van der Waals surface area contributed by atoms with Crippen LogP contribution in [0.15, 0.2) is 47.3 Å². The van der Waals surface area contributed by atoms with Crippen molar-refractivity contribution >= 4 is 21.8 Å². The number of hydrogen-bond donors (Lipinski definition) is 1. The van der Waals surface area contributed by atoms with Gasteiger partial charge >= 0.3 is 0 Å². The first-order valence-electron chi connectivity index (χ1n) is 6.22. The first kappa shape index (κ1) is 11.0. The summed E-state index contributed by atoms with van der Waals surface area (Å²) in [6, 6.07) is 13.6. The average Bonchev–Trinajstić information content (AvgIpc) is 2.38. The van der Waals surface area contributed by atoms with Crippen LogP contribution < -0.4 is 5.43 Å². The van der Waals surface area contributed by atoms with Crippen molar-refractivity contribution in [2.45, 2.75) is 19.8 Å². The summed E-state index contributed by atoms with van der Waals surface area (Å²) in [5.41, 5.74) is 3.18. The Hall–Kier alpha value is -2.09. The number of rotatable bonds is 1. The van der Waals surface area contributed by atoms with Crippen molar-refractivity contribution in [3.63, 3.8) is 0 Å². The van der Waals surface area contributed by atoms with Crippen LogP contribution in [0.1, 0.15) is 25.3 Å². The Balaban J connectivity index is 2.56. The van der Waals surface area contributed by atoms with Crippen LogP contribution in [0.2, 0.25) is 0 Å². The molecule has 0 saturated carbocycles. The summed E-state index contributed by atoms with van der Waals surface area (Å²) in [5.74, 6) is 0.394. The first-order chi connectivity index (χ1) is 8.68. The van der Waals surface area contributed by atoms with Gasteiger partial charge < -0.3 is 4.98 Å². The smallest absolute Gasteiger partial charge is 0.197 e. The summed E-state index contributed by atoms with van der Waals surface area (Å²) in [6.07, 6.45) is 0. The molecule has 0 aliphatic carbocycles. The molecule has 18 heavy (non-hydrogen) atoms. The molecular weight excluding hydrogens is 222 g/mol. The number of pyridine rings is 1. The summed E-state index contributed by atoms with van der Waals surface area (Å²) in [6.45, 7) is 4.28. The van der Waals surface area contributed by atoms with E-state index in [1.807, 2.05) is 36.4 Å². The van der Waals surface area contributed by atoms with Crippen LogP contribution in [0.5, 0.6) is 0 Å². The lowest BCUT2D eigenvalue weighted by atomic mass is 9.98. The summed E-state index contributed by atoms with van der Waals surface area (Å²) in [7, 11) is 0. The largest absolute Gasteiger partial charge is 0.354 e. The van der Waals surface area contributed by atoms with Gasteiger partial charge in [-0.05, 0) is 29.7 Å². The molecular formula is C16H15NO. The average molecular weight is 237 g/mol. The number of benzene rings is 2. The molecule has 3 rings (SSSR count). The van der Waals surface area contributed by atoms with Gasteiger partial charge in [-0.2, -0.15) is 0 Å². The molecule has 0 atom stereocenters. The molecule has 1 N–H and O–H groups in total. The Kier molecular flexibility index (Phi) is 2.44. The second kappa shape index (κ2) is 3.98. The number of nitrogens with one attached hydrogen (secondary N) is 1. The SMILES string of the molecule is CC(C)c1cccc2c(=O)c3ccccc3[nH]c12. The maximum Gasteiger partial charge on any atom is 0.197 e. The fourth-order valence-corrected chi connectivity index (χ4v) is 2.45. The highest BCUT2D eigenvalue weighted by atomic mass is 16.1. The predicted molar refractivity (Wildman–Crippen MR) is 76.2 cm³/mol. The van der Waals surface area contributed by atoms with Gasteiger partial charge in [0.25, 0.3) is 0 Å². The van der Waals surface area contributed by atoms with Crippen molar-refractivity contribution in [1.82, 2.24) is 4.98 Å². The molecule has 0 aliphatic heterocycles. The molecule has 0 radical (unpaired) electrons. The number of fused-ring (bicyclic) bond motifs is 2. The fourth-order valence-electron chi connectivity index (χ4n) is 2.45. The van der Waals surface area contributed by atoms with E-state index in [2.05, 4.69) is 24.9 Å². The highest BCUT2D eigenvalue weighted by Crippen LogP contribution is 2.23. The van der Waals surface area contributed by atoms with E-state index in [0.29, 0.717) is 5.92 Å². The van der Waals surface area contributed by atoms with E-state index in [1.54, 1.807) is 0 Å². The Morgan fingerprint density at radius 2 is 1.67 bits per heavy atom. The minimum Gasteiger partial charge on any atom is -0.354 e. The van der Waals surface area contributed by atoms with Gasteiger partial charge in [0, 0.05) is 16.3 Å². The molecule has 1 aromatic heterocycles. The lowest BCUT2D eigenvalue weighted by Gasteiger charge is -2.10. The van der Waals surface area contributed by atoms with Crippen LogP contribution in [0.4, 0.5) is 0 Å². The molecule has 0 bridgehead atoms. The van der Waals surface area contributed by atoms with E-state index >= 15 is 0 Å². The van der Waals surface area contributed by atoms with E-state index in [-0.39, 0.29) is 5.43 Å². The Bertz CT molecular complexity index is 784. The van der Waals surface area contributed by atoms with Gasteiger partial charge in [-0.15, -0.1) is 0 Å². The van der Waals surface area contributed by atoms with Crippen molar-refractivity contribution < 1.29 is 0 Å². The second-order valence-electron chi connectivity index (χ2n) is 4.92. The monoisotopic (exact) mass is 237 g/mol. The highest BCUT2D eigenvalue weighted by Gasteiger charge is 2.09. The predicted octanol–water partition coefficient (Wildman–Crippen LogP) is 3.80. The normalized spacial score (nSPS) is 11.5. The molecule has 2 nitrogen and oxygen atoms in total. The van der Waals surface area contributed by atoms with Crippen molar-refractivity contribution in [3.05, 3.63) is 58.3 Å². The fraction of sp³-hybridized carbons (Fsp3) is 0.188. The maximum absolute atomic E-state index is 12.4. The number of aromatic nitrogens is 1. The number of H-pyrrole nitrogens is 1. The van der Waals surface area contributed by atoms with Gasteiger partial charge in [0.15, 0.2) is 5.43 Å². The first-order valence-corrected chi connectivity index (χ1v) is 6.22. The molecule has 0 aliphatic rings. The van der Waals surface area contributed by atoms with Crippen LogP contribution in [-0.2, 0) is 0 Å². The standard InChI is InChI=1S/C16H15NO/c1-10(2)11-7-5-8-13-15(11)17-14-9-4-3-6-12(14)16(13)18/h3-10H,1-2H3,(H,17,18). The molecule has 90 valence electrons. The third-order valence-corrected chi connectivity index (χ3v) is 3.39. The van der Waals surface area contributed by atoms with Gasteiger partial charge in [0.05, 0.1) is 5.52 Å². The lowest BCUT2D eigenvalue weighted by Crippen LogP contribution is -2.06. The Labute approximate surface area is 105 Å². The van der Waals surface area contributed by atoms with E-state index in [9.17, 15) is 4.79 Å². The maximum atomic E-state index is 12.4. The van der Waals surface area contributed by atoms with Crippen LogP contribution in [0.25, 0.3) is 21.8 Å². The van der Waals surface area contributed by atoms with E-state index in [0.717, 1.165) is 21.8 Å². The zero-order valence-electron chi connectivity index (χ0n) is 10.5. The molecule has 2 heteroatoms. The van der Waals surface area contributed by atoms with Gasteiger partial charge in [-0.1, -0.05) is 38.1 Å². The summed E-state index contributed by atoms with van der Waals surface area (Å²) in [4.78, 5) is 15.8. The van der Waals surface area contributed by atoms with Crippen molar-refractivity contribution in [3.8, 4) is 0 Å². The Morgan fingerprint density at radius 1 is 0.944 bits per heavy atom. The molecule has 0 saturated heterocycles. The third kappa shape index (κ3) is 1.53. The molecule has 1 heterocycles. The summed E-state index contributed by atoms with van der Waals surface area (Å²) >= 11 is 0. The number of aromatic amines is 1. The van der Waals surface area contributed by atoms with Crippen molar-refractivity contribution in [2.24, 2.45) is 0 Å². The van der Waals surface area contributed by atoms with E-state index in [1.165, 1.54) is 5.56 Å². The third-order valence-electron chi connectivity index (χ3n) is 3.39. The molecule has 2 aromatic carbocycles. The van der Waals surface area contributed by atoms with Crippen molar-refractivity contribution in [2.75, 3.05) is 0 Å². The Morgan fingerprint density at radius 3 is 2.44 bits per heavy atom. The molecule has 0 spiro atoms. The van der Waals surface area contributed by atoms with Crippen LogP contribution in [0.3, 0.4) is 0 Å². The van der Waals surface area contributed by atoms with Crippen LogP contribution in [0, 0.1) is 0 Å². The summed E-state index contributed by atoms with van der Waals surface area (Å²) in [5, 5.41) is 1.53. The zero-order valence-corrected chi connectivity index (χ0v) is 10.5. The van der Waals surface area contributed by atoms with E-state index in [4.69, 9.17) is 0 Å². The van der Waals surface area contributed by atoms with Gasteiger partial charge in [-0.25, -0.2) is 0 Å². The molecule has 3 aromatic rings. The van der Waals surface area contributed by atoms with E-state index < -0.39 is 0 Å². The van der Waals surface area contributed by atoms with Gasteiger partial charge in [0.1, 0.15) is 0 Å². The second-order valence-corrected chi connectivity index (χ2v) is 4.92. The lowest BCUT2D eigenvalue weighted by molar-refractivity contribution is 0.873. The minimum absolute atomic E-state index is 0.113. The number of para-hydroxylation sites is 2. The quantitative estimate of drug-likeness (QED) is 0.641. The van der Waals surface area contributed by atoms with Crippen molar-refractivity contribution in [1.29, 1.82) is 0 Å². The van der Waals surface area contributed by atoms with Gasteiger partial charge in [-0.3, -0.25) is 4.79 Å². The molecule has 0 unspecified atom stereocenters. The van der Waals surface area contributed by atoms with Crippen LogP contribution in [-0.4, -0.2) is 4.98 Å². The zero-order chi connectivity index (χ0) is 12.7. The molecule has 0 fully saturated rings. The number of hydrogen-bond acceptors (Lipinski definition) is 1. The summed E-state index contributed by atoms with van der Waals surface area (Å²) < 4.78 is 0. The highest BCUT2D eigenvalue weighted by molar-refractivity contribution is 5.93.